The van der Waals surface area contributed by atoms with E-state index in [-0.39, 0.29) is 29.4 Å². The Morgan fingerprint density at radius 3 is 2.50 bits per heavy atom. The predicted octanol–water partition coefficient (Wildman–Crippen LogP) is 6.17. The molecule has 12 heteroatoms. The number of methoxy groups -OCH3 is 1. The van der Waals surface area contributed by atoms with Gasteiger partial charge < -0.3 is 28.6 Å². The van der Waals surface area contributed by atoms with Crippen LogP contribution in [0.3, 0.4) is 0 Å². The van der Waals surface area contributed by atoms with Crippen LogP contribution in [-0.4, -0.2) is 54.5 Å². The van der Waals surface area contributed by atoms with Gasteiger partial charge in [0, 0.05) is 32.5 Å². The molecule has 2 heterocycles. The summed E-state index contributed by atoms with van der Waals surface area (Å²) in [6.45, 7) is 1.31. The monoisotopic (exact) mass is 626 g/mol. The van der Waals surface area contributed by atoms with Crippen LogP contribution < -0.4 is 18.9 Å². The number of carbonyl (C=O) groups is 1. The number of aliphatic imine (C=N–C) groups is 1. The van der Waals surface area contributed by atoms with E-state index in [1.54, 1.807) is 6.07 Å². The van der Waals surface area contributed by atoms with Gasteiger partial charge in [0.2, 0.25) is 17.2 Å². The van der Waals surface area contributed by atoms with E-state index < -0.39 is 34.8 Å². The summed E-state index contributed by atoms with van der Waals surface area (Å²) in [5.74, 6) is -2.98. The zero-order chi connectivity index (χ0) is 32.3. The minimum Gasteiger partial charge on any atom is -0.485 e. The Labute approximate surface area is 263 Å². The van der Waals surface area contributed by atoms with Gasteiger partial charge in [0.05, 0.1) is 37.0 Å². The molecule has 1 aliphatic carbocycles. The normalized spacial score (nSPS) is 14.6. The Hall–Kier alpha value is -5.70. The number of carbonyl (C=O) groups excluding carboxylic acids is 1. The number of esters is 1. The number of pyridine rings is 1. The number of hydrogen-bond acceptors (Lipinski definition) is 10. The van der Waals surface area contributed by atoms with E-state index in [0.717, 1.165) is 11.8 Å². The van der Waals surface area contributed by atoms with E-state index in [4.69, 9.17) is 23.7 Å². The number of aromatic nitrogens is 1. The van der Waals surface area contributed by atoms with Crippen LogP contribution in [0.25, 0.3) is 0 Å². The minimum absolute atomic E-state index is 0.00248. The minimum atomic E-state index is -1.22. The highest BCUT2D eigenvalue weighted by Gasteiger charge is 2.54. The quantitative estimate of drug-likeness (QED) is 0.180. The lowest BCUT2D eigenvalue weighted by molar-refractivity contribution is -0.151. The first-order chi connectivity index (χ1) is 22.3. The largest absolute Gasteiger partial charge is 0.485 e. The van der Waals surface area contributed by atoms with Crippen LogP contribution in [-0.2, 0) is 16.1 Å². The van der Waals surface area contributed by atoms with Gasteiger partial charge in [0.15, 0.2) is 17.3 Å². The second-order valence-corrected chi connectivity index (χ2v) is 10.7. The van der Waals surface area contributed by atoms with Crippen molar-refractivity contribution in [3.63, 3.8) is 0 Å². The van der Waals surface area contributed by atoms with Gasteiger partial charge in [-0.05, 0) is 35.9 Å². The summed E-state index contributed by atoms with van der Waals surface area (Å²) in [5.41, 5.74) is 0.436. The van der Waals surface area contributed by atoms with E-state index in [9.17, 15) is 10.1 Å². The number of halogens is 2. The molecule has 3 aromatic carbocycles. The van der Waals surface area contributed by atoms with Crippen molar-refractivity contribution >= 4 is 11.8 Å². The molecule has 0 amide bonds. The fraction of sp³-hybridized carbons (Fsp3) is 0.235. The van der Waals surface area contributed by atoms with Crippen LogP contribution in [0.15, 0.2) is 77.9 Å². The molecule has 0 saturated heterocycles. The first-order valence-electron chi connectivity index (χ1n) is 14.4. The van der Waals surface area contributed by atoms with E-state index in [0.29, 0.717) is 43.1 Å². The summed E-state index contributed by atoms with van der Waals surface area (Å²) >= 11 is 0. The van der Waals surface area contributed by atoms with Crippen LogP contribution in [0.2, 0.25) is 0 Å². The lowest BCUT2D eigenvalue weighted by Crippen LogP contribution is -2.31. The number of likely N-dealkylation sites (N-methyl/N-ethyl adjacent to an activating group) is 1. The van der Waals surface area contributed by atoms with Crippen molar-refractivity contribution in [2.24, 2.45) is 4.99 Å². The van der Waals surface area contributed by atoms with Crippen molar-refractivity contribution in [2.45, 2.75) is 25.0 Å². The van der Waals surface area contributed by atoms with E-state index in [1.165, 1.54) is 37.4 Å². The number of nitrogens with zero attached hydrogens (tertiary/aromatic N) is 4. The van der Waals surface area contributed by atoms with E-state index >= 15 is 8.78 Å². The molecule has 0 unspecified atom stereocenters. The van der Waals surface area contributed by atoms with Crippen LogP contribution in [0.5, 0.6) is 34.6 Å². The average Bonchev–Trinajstić information content (AvgIpc) is 3.74. The molecule has 0 radical (unpaired) electrons. The number of nitriles is 1. The van der Waals surface area contributed by atoms with Gasteiger partial charge in [-0.3, -0.25) is 4.99 Å². The summed E-state index contributed by atoms with van der Waals surface area (Å²) in [6.07, 6.45) is 1.77. The maximum atomic E-state index is 15.9. The van der Waals surface area contributed by atoms with Gasteiger partial charge in [-0.15, -0.1) is 0 Å². The maximum Gasteiger partial charge on any atom is 0.350 e. The Balaban J connectivity index is 1.31. The van der Waals surface area contributed by atoms with Gasteiger partial charge in [-0.1, -0.05) is 30.3 Å². The third-order valence-electron chi connectivity index (χ3n) is 7.45. The number of ether oxygens (including phenoxy) is 5. The molecule has 1 saturated carbocycles. The van der Waals surface area contributed by atoms with Gasteiger partial charge >= 0.3 is 5.97 Å². The van der Waals surface area contributed by atoms with E-state index in [1.807, 2.05) is 48.3 Å². The fourth-order valence-electron chi connectivity index (χ4n) is 4.86. The highest BCUT2D eigenvalue weighted by Crippen LogP contribution is 2.43. The topological polar surface area (TPSA) is 116 Å². The van der Waals surface area contributed by atoms with Crippen molar-refractivity contribution in [2.75, 3.05) is 27.2 Å². The first kappa shape index (κ1) is 30.3. The standard InChI is InChI=1S/C34H28F2N4O6/c1-40-15-14-38-31(40)24-17-23(46-34(12-13-34)33(41)42-2)9-11-26(24)44-30-25(35)19-39-32(29(30)36)45-28-16-22(18-37)8-10-27(28)43-20-21-6-4-3-5-7-21/h3-11,16-17,19H,12-15,20H2,1-2H3. The number of amidine groups is 1. The van der Waals surface area contributed by atoms with Crippen molar-refractivity contribution in [1.29, 1.82) is 5.26 Å². The van der Waals surface area contributed by atoms with Gasteiger partial charge in [-0.25, -0.2) is 14.2 Å². The summed E-state index contributed by atoms with van der Waals surface area (Å²) in [7, 11) is 3.12. The van der Waals surface area contributed by atoms with Crippen molar-refractivity contribution in [1.82, 2.24) is 9.88 Å². The number of rotatable bonds is 11. The smallest absolute Gasteiger partial charge is 0.350 e. The van der Waals surface area contributed by atoms with Crippen LogP contribution in [0.4, 0.5) is 8.78 Å². The highest BCUT2D eigenvalue weighted by atomic mass is 19.1. The van der Waals surface area contributed by atoms with Gasteiger partial charge in [-0.2, -0.15) is 9.65 Å². The lowest BCUT2D eigenvalue weighted by atomic mass is 10.1. The molecule has 1 fully saturated rings. The number of benzene rings is 3. The highest BCUT2D eigenvalue weighted by molar-refractivity contribution is 6.02. The molecule has 46 heavy (non-hydrogen) atoms. The molecule has 10 nitrogen and oxygen atoms in total. The molecule has 6 rings (SSSR count). The second kappa shape index (κ2) is 12.7. The maximum absolute atomic E-state index is 15.9. The van der Waals surface area contributed by atoms with Gasteiger partial charge in [0.25, 0.3) is 5.88 Å². The molecule has 0 atom stereocenters. The van der Waals surface area contributed by atoms with Crippen molar-refractivity contribution in [3.8, 4) is 40.7 Å². The lowest BCUT2D eigenvalue weighted by Gasteiger charge is -2.21. The Morgan fingerprint density at radius 1 is 1.02 bits per heavy atom. The van der Waals surface area contributed by atoms with Crippen LogP contribution in [0.1, 0.15) is 29.5 Å². The Bertz CT molecular complexity index is 1860. The third-order valence-corrected chi connectivity index (χ3v) is 7.45. The summed E-state index contributed by atoms with van der Waals surface area (Å²) in [4.78, 5) is 22.5. The molecule has 4 aromatic rings. The van der Waals surface area contributed by atoms with Crippen molar-refractivity contribution < 1.29 is 37.3 Å². The molecular formula is C34H28F2N4O6. The molecular weight excluding hydrogens is 598 g/mol. The summed E-state index contributed by atoms with van der Waals surface area (Å²) in [5, 5.41) is 9.44. The molecule has 1 aliphatic heterocycles. The van der Waals surface area contributed by atoms with E-state index in [2.05, 4.69) is 9.98 Å². The Morgan fingerprint density at radius 2 is 1.80 bits per heavy atom. The Kier molecular flexibility index (Phi) is 8.39. The predicted molar refractivity (Wildman–Crippen MR) is 161 cm³/mol. The molecule has 2 aliphatic rings. The summed E-state index contributed by atoms with van der Waals surface area (Å²) < 4.78 is 59.4. The molecule has 1 aromatic heterocycles. The van der Waals surface area contributed by atoms with Gasteiger partial charge in [0.1, 0.15) is 23.9 Å². The van der Waals surface area contributed by atoms with Crippen LogP contribution >= 0.6 is 0 Å². The molecule has 0 spiro atoms. The number of hydrogen-bond donors (Lipinski definition) is 0. The average molecular weight is 627 g/mol. The van der Waals surface area contributed by atoms with Crippen molar-refractivity contribution in [3.05, 3.63) is 101 Å². The molecule has 0 bridgehead atoms. The SMILES string of the molecule is COC(=O)C1(Oc2ccc(Oc3c(F)cnc(Oc4cc(C#N)ccc4OCc4ccccc4)c3F)c(C3=NCCN3C)c2)CC1. The third kappa shape index (κ3) is 6.25. The second-order valence-electron chi connectivity index (χ2n) is 10.7. The summed E-state index contributed by atoms with van der Waals surface area (Å²) in [6, 6.07) is 20.4. The van der Waals surface area contributed by atoms with Crippen LogP contribution in [0, 0.1) is 23.0 Å². The fourth-order valence-corrected chi connectivity index (χ4v) is 4.86. The zero-order valence-corrected chi connectivity index (χ0v) is 25.0. The molecule has 234 valence electrons. The molecule has 0 N–H and O–H groups in total. The first-order valence-corrected chi connectivity index (χ1v) is 14.4. The zero-order valence-electron chi connectivity index (χ0n) is 25.0.